The minimum Gasteiger partial charge on any atom is -0.480 e. The summed E-state index contributed by atoms with van der Waals surface area (Å²) in [6.07, 6.45) is 1.96. The topological polar surface area (TPSA) is 108 Å². The van der Waals surface area contributed by atoms with Crippen molar-refractivity contribution in [2.24, 2.45) is 0 Å². The Hall–Kier alpha value is -3.57. The molecular formula is C27H33ClN6O4S. The maximum absolute atomic E-state index is 13.4. The molecule has 10 nitrogen and oxygen atoms in total. The van der Waals surface area contributed by atoms with Crippen LogP contribution < -0.4 is 19.3 Å². The highest BCUT2D eigenvalue weighted by Crippen LogP contribution is 2.31. The minimum absolute atomic E-state index is 0. The number of anilines is 3. The van der Waals surface area contributed by atoms with Crippen LogP contribution >= 0.6 is 11.6 Å². The maximum atomic E-state index is 13.4. The van der Waals surface area contributed by atoms with Gasteiger partial charge >= 0.3 is 0 Å². The van der Waals surface area contributed by atoms with Crippen LogP contribution in [0, 0.1) is 0 Å². The largest absolute Gasteiger partial charge is 0.480 e. The van der Waals surface area contributed by atoms with E-state index in [9.17, 15) is 13.2 Å². The summed E-state index contributed by atoms with van der Waals surface area (Å²) in [6, 6.07) is 15.3. The van der Waals surface area contributed by atoms with Crippen LogP contribution in [0.1, 0.15) is 20.3 Å². The highest BCUT2D eigenvalue weighted by Gasteiger charge is 2.31. The number of ether oxygens (including phenoxy) is 1. The van der Waals surface area contributed by atoms with Gasteiger partial charge < -0.3 is 19.4 Å². The lowest BCUT2D eigenvalue weighted by molar-refractivity contribution is -0.132. The monoisotopic (exact) mass is 572 g/mol. The molecule has 1 fully saturated rings. The fourth-order valence-electron chi connectivity index (χ4n) is 5.10. The molecule has 1 saturated heterocycles. The van der Waals surface area contributed by atoms with Crippen LogP contribution in [0.2, 0.25) is 5.02 Å². The smallest absolute Gasteiger partial charge is 0.263 e. The summed E-state index contributed by atoms with van der Waals surface area (Å²) in [4.78, 5) is 19.8. The summed E-state index contributed by atoms with van der Waals surface area (Å²) >= 11 is 6.19. The number of carbonyl (C=O) groups excluding carboxylic acids is 1. The van der Waals surface area contributed by atoms with Crippen LogP contribution in [-0.4, -0.2) is 75.3 Å². The number of nitrogens with zero attached hydrogens (tertiary/aromatic N) is 5. The maximum Gasteiger partial charge on any atom is 0.263 e. The fourth-order valence-corrected chi connectivity index (χ4v) is 6.29. The van der Waals surface area contributed by atoms with Crippen LogP contribution in [0.15, 0.2) is 59.5 Å². The van der Waals surface area contributed by atoms with E-state index in [1.165, 1.54) is 24.8 Å². The van der Waals surface area contributed by atoms with E-state index in [1.807, 2.05) is 30.0 Å². The number of sulfonamides is 1. The molecule has 0 radical (unpaired) electrons. The van der Waals surface area contributed by atoms with Crippen molar-refractivity contribution < 1.29 is 19.4 Å². The zero-order valence-electron chi connectivity index (χ0n) is 21.9. The SMILES string of the molecule is COc1ccc(NS(=O)(=O)c2ccc(N3CCN(C(=O)[C@@H](C)N4CCCc5cc(Cl)ccc54)CC3)cc2)nn1.[HH]. The van der Waals surface area contributed by atoms with Crippen molar-refractivity contribution in [3.05, 3.63) is 65.2 Å². The first-order valence-corrected chi connectivity index (χ1v) is 14.7. The van der Waals surface area contributed by atoms with Gasteiger partial charge in [0.05, 0.1) is 12.0 Å². The molecule has 2 aliphatic heterocycles. The summed E-state index contributed by atoms with van der Waals surface area (Å²) in [5.74, 6) is 0.513. The normalized spacial score (nSPS) is 16.4. The number of benzene rings is 2. The molecule has 2 aliphatic rings. The Morgan fingerprint density at radius 3 is 2.44 bits per heavy atom. The first-order chi connectivity index (χ1) is 18.7. The molecule has 5 rings (SSSR count). The first kappa shape index (κ1) is 27.0. The number of aromatic nitrogens is 2. The second-order valence-corrected chi connectivity index (χ2v) is 11.7. The third kappa shape index (κ3) is 5.89. The molecule has 39 heavy (non-hydrogen) atoms. The Kier molecular flexibility index (Phi) is 7.81. The van der Waals surface area contributed by atoms with Gasteiger partial charge in [-0.1, -0.05) is 11.6 Å². The number of piperazine rings is 1. The van der Waals surface area contributed by atoms with E-state index in [4.69, 9.17) is 16.3 Å². The molecule has 3 aromatic rings. The number of methoxy groups -OCH3 is 1. The van der Waals surface area contributed by atoms with Crippen molar-refractivity contribution >= 4 is 44.7 Å². The zero-order chi connectivity index (χ0) is 27.6. The molecule has 0 spiro atoms. The van der Waals surface area contributed by atoms with Gasteiger partial charge in [0, 0.05) is 56.6 Å². The van der Waals surface area contributed by atoms with Crippen molar-refractivity contribution in [3.8, 4) is 5.88 Å². The average Bonchev–Trinajstić information content (AvgIpc) is 2.96. The summed E-state index contributed by atoms with van der Waals surface area (Å²) in [5.41, 5.74) is 3.18. The van der Waals surface area contributed by atoms with Gasteiger partial charge in [0.1, 0.15) is 6.04 Å². The highest BCUT2D eigenvalue weighted by molar-refractivity contribution is 7.92. The van der Waals surface area contributed by atoms with E-state index in [0.717, 1.165) is 35.8 Å². The number of rotatable bonds is 7. The minimum atomic E-state index is -3.82. The second kappa shape index (κ2) is 11.3. The summed E-state index contributed by atoms with van der Waals surface area (Å²) in [5, 5.41) is 8.31. The molecule has 208 valence electrons. The average molecular weight is 573 g/mol. The van der Waals surface area contributed by atoms with Crippen molar-refractivity contribution in [1.82, 2.24) is 15.1 Å². The van der Waals surface area contributed by atoms with Crippen molar-refractivity contribution in [2.75, 3.05) is 54.4 Å². The molecule has 0 unspecified atom stereocenters. The Morgan fingerprint density at radius 1 is 1.03 bits per heavy atom. The third-order valence-corrected chi connectivity index (χ3v) is 8.82. The third-order valence-electron chi connectivity index (χ3n) is 7.21. The predicted octanol–water partition coefficient (Wildman–Crippen LogP) is 3.68. The molecular weight excluding hydrogens is 540 g/mol. The highest BCUT2D eigenvalue weighted by atomic mass is 35.5. The number of hydrogen-bond acceptors (Lipinski definition) is 8. The molecule has 1 atom stereocenters. The molecule has 3 heterocycles. The summed E-state index contributed by atoms with van der Waals surface area (Å²) in [7, 11) is -2.36. The standard InChI is InChI=1S/C27H31ClN6O4S.H2/c1-19(34-13-3-4-20-18-21(28)5-10-24(20)34)27(35)33-16-14-32(15-17-33)22-6-8-23(9-7-22)39(36,37)31-25-11-12-26(38-2)30-29-25;/h5-12,18-19H,3-4,13-17H2,1-2H3,(H,29,31);1H/t19-;/m1./s1. The Morgan fingerprint density at radius 2 is 1.77 bits per heavy atom. The Balaban J connectivity index is 0.00000370. The lowest BCUT2D eigenvalue weighted by Crippen LogP contribution is -2.55. The lowest BCUT2D eigenvalue weighted by Gasteiger charge is -2.41. The van der Waals surface area contributed by atoms with E-state index < -0.39 is 10.0 Å². The number of amides is 1. The van der Waals surface area contributed by atoms with Crippen LogP contribution in [0.5, 0.6) is 5.88 Å². The van der Waals surface area contributed by atoms with E-state index in [-0.39, 0.29) is 24.1 Å². The van der Waals surface area contributed by atoms with E-state index in [0.29, 0.717) is 32.1 Å². The zero-order valence-corrected chi connectivity index (χ0v) is 23.5. The number of fused-ring (bicyclic) bond motifs is 1. The summed E-state index contributed by atoms with van der Waals surface area (Å²) < 4.78 is 32.9. The van der Waals surface area contributed by atoms with Gasteiger partial charge in [-0.2, -0.15) is 0 Å². The molecule has 1 N–H and O–H groups in total. The fraction of sp³-hybridized carbons (Fsp3) is 0.370. The van der Waals surface area contributed by atoms with Crippen molar-refractivity contribution in [3.63, 3.8) is 0 Å². The van der Waals surface area contributed by atoms with Gasteiger partial charge in [-0.15, -0.1) is 10.2 Å². The molecule has 12 heteroatoms. The summed E-state index contributed by atoms with van der Waals surface area (Å²) in [6.45, 7) is 5.34. The second-order valence-electron chi connectivity index (χ2n) is 9.62. The van der Waals surface area contributed by atoms with Crippen LogP contribution in [0.3, 0.4) is 0 Å². The number of hydrogen-bond donors (Lipinski definition) is 1. The predicted molar refractivity (Wildman–Crippen MR) is 153 cm³/mol. The Bertz CT molecular complexity index is 1430. The molecule has 1 amide bonds. The van der Waals surface area contributed by atoms with Crippen molar-refractivity contribution in [2.45, 2.75) is 30.7 Å². The van der Waals surface area contributed by atoms with Crippen LogP contribution in [0.25, 0.3) is 0 Å². The van der Waals surface area contributed by atoms with E-state index in [2.05, 4.69) is 24.7 Å². The molecule has 2 aromatic carbocycles. The van der Waals surface area contributed by atoms with Gasteiger partial charge in [0.15, 0.2) is 5.82 Å². The molecule has 0 bridgehead atoms. The molecule has 1 aromatic heterocycles. The van der Waals surface area contributed by atoms with Crippen LogP contribution in [-0.2, 0) is 21.2 Å². The van der Waals surface area contributed by atoms with Gasteiger partial charge in [-0.3, -0.25) is 9.52 Å². The number of aryl methyl sites for hydroxylation is 1. The molecule has 0 aliphatic carbocycles. The van der Waals surface area contributed by atoms with E-state index >= 15 is 0 Å². The number of carbonyl (C=O) groups is 1. The van der Waals surface area contributed by atoms with Crippen LogP contribution in [0.4, 0.5) is 17.2 Å². The van der Waals surface area contributed by atoms with Gasteiger partial charge in [0.2, 0.25) is 11.8 Å². The van der Waals surface area contributed by atoms with Gasteiger partial charge in [-0.25, -0.2) is 8.42 Å². The quantitative estimate of drug-likeness (QED) is 0.457. The lowest BCUT2D eigenvalue weighted by atomic mass is 10.00. The van der Waals surface area contributed by atoms with Crippen molar-refractivity contribution in [1.29, 1.82) is 0 Å². The number of halogens is 1. The molecule has 0 saturated carbocycles. The first-order valence-electron chi connectivity index (χ1n) is 12.8. The Labute approximate surface area is 235 Å². The van der Waals surface area contributed by atoms with Gasteiger partial charge in [-0.05, 0) is 73.9 Å². The number of nitrogens with one attached hydrogen (secondary N) is 1. The van der Waals surface area contributed by atoms with E-state index in [1.54, 1.807) is 24.3 Å². The van der Waals surface area contributed by atoms with Gasteiger partial charge in [0.25, 0.3) is 10.0 Å².